The average Bonchev–Trinajstić information content (AvgIpc) is 1.57. The highest BCUT2D eigenvalue weighted by Gasteiger charge is 2.52. The van der Waals surface area contributed by atoms with E-state index in [9.17, 15) is 62.4 Å². The summed E-state index contributed by atoms with van der Waals surface area (Å²) in [7, 11) is -8.19. The number of hydrogen-bond donors (Lipinski definition) is 3. The number of hydrogen-bond acceptors (Lipinski definition) is 21. The molecule has 9 heterocycles. The van der Waals surface area contributed by atoms with Crippen molar-refractivity contribution in [1.82, 2.24) is 38.2 Å². The maximum absolute atomic E-state index is 14.0. The van der Waals surface area contributed by atoms with Crippen LogP contribution in [0.1, 0.15) is 135 Å². The maximum Gasteiger partial charge on any atom is 0.497 e. The smallest absolute Gasteiger partial charge is 0.476 e. The number of carboxylic acids is 1. The van der Waals surface area contributed by atoms with E-state index in [1.165, 1.54) is 147 Å². The minimum Gasteiger partial charge on any atom is -0.476 e. The molecule has 674 valence electrons. The summed E-state index contributed by atoms with van der Waals surface area (Å²) < 4.78 is 162. The Balaban J connectivity index is 0.000000131. The van der Waals surface area contributed by atoms with Gasteiger partial charge in [-0.2, -0.15) is 0 Å². The first-order valence-electron chi connectivity index (χ1n) is 40.0. The number of fused-ring (bicyclic) bond motifs is 6. The molecular weight excluding hydrogens is 1950 g/mol. The fourth-order valence-corrected chi connectivity index (χ4v) is 19.2. The Morgan fingerprint density at radius 1 is 0.466 bits per heavy atom. The topological polar surface area (TPSA) is 326 Å². The summed E-state index contributed by atoms with van der Waals surface area (Å²) in [5, 5.41) is 30.7. The molecule has 8 aromatic carbocycles. The van der Waals surface area contributed by atoms with Gasteiger partial charge in [0.15, 0.2) is 43.3 Å². The highest BCUT2D eigenvalue weighted by atomic mass is 79.9. The Morgan fingerprint density at radius 3 is 1.24 bits per heavy atom. The fraction of sp³-hybridized carbons (Fsp3) is 0.174. The van der Waals surface area contributed by atoms with Gasteiger partial charge in [-0.25, -0.2) is 92.6 Å². The van der Waals surface area contributed by atoms with Crippen molar-refractivity contribution in [3.8, 4) is 20.5 Å². The lowest BCUT2D eigenvalue weighted by Crippen LogP contribution is -2.41. The Bertz CT molecular complexity index is 7360. The van der Waals surface area contributed by atoms with Crippen molar-refractivity contribution >= 4 is 188 Å². The van der Waals surface area contributed by atoms with Gasteiger partial charge in [0, 0.05) is 82.3 Å². The van der Waals surface area contributed by atoms with Crippen molar-refractivity contribution in [1.29, 1.82) is 0 Å². The molecule has 0 radical (unpaired) electrons. The number of thiazole rings is 4. The molecule has 0 atom stereocenters. The van der Waals surface area contributed by atoms with Gasteiger partial charge < -0.3 is 28.6 Å². The van der Waals surface area contributed by atoms with Crippen molar-refractivity contribution in [2.75, 3.05) is 19.8 Å². The molecule has 16 aromatic rings. The second-order valence-electron chi connectivity index (χ2n) is 30.4. The maximum atomic E-state index is 14.0. The number of benzene rings is 8. The summed E-state index contributed by atoms with van der Waals surface area (Å²) in [6, 6.07) is 40.0. The molecule has 1 fully saturated rings. The lowest BCUT2D eigenvalue weighted by Gasteiger charge is -2.32. The minimum absolute atomic E-state index is 0.0127. The van der Waals surface area contributed by atoms with Gasteiger partial charge in [0.25, 0.3) is 0 Å². The van der Waals surface area contributed by atoms with Gasteiger partial charge >= 0.3 is 31.0 Å². The zero-order valence-electron chi connectivity index (χ0n) is 70.3. The Hall–Kier alpha value is -11.9. The molecule has 131 heavy (non-hydrogen) atoms. The van der Waals surface area contributed by atoms with Crippen molar-refractivity contribution in [3.05, 3.63) is 323 Å². The van der Waals surface area contributed by atoms with E-state index < -0.39 is 68.1 Å². The molecule has 8 aromatic heterocycles. The fourth-order valence-electron chi connectivity index (χ4n) is 14.0. The summed E-state index contributed by atoms with van der Waals surface area (Å²) in [6.07, 6.45) is 16.0. The molecule has 5 N–H and O–H groups in total. The highest BCUT2D eigenvalue weighted by molar-refractivity contribution is 9.15. The number of ether oxygens (including phenoxy) is 3. The number of esters is 3. The number of sulfonamides is 2. The number of nitrogens with two attached hydrogens (primary N) is 2. The van der Waals surface area contributed by atoms with Gasteiger partial charge in [0.1, 0.15) is 34.9 Å². The monoisotopic (exact) mass is 2020 g/mol. The normalized spacial score (nSPS) is 13.4. The van der Waals surface area contributed by atoms with Crippen LogP contribution in [0.25, 0.3) is 74.7 Å². The summed E-state index contributed by atoms with van der Waals surface area (Å²) in [5.74, 6) is -4.26. The zero-order valence-corrected chi connectivity index (χ0v) is 78.4. The lowest BCUT2D eigenvalue weighted by molar-refractivity contribution is 0.00578. The predicted octanol–water partition coefficient (Wildman–Crippen LogP) is 20.2. The first-order chi connectivity index (χ1) is 62.3. The van der Waals surface area contributed by atoms with E-state index in [0.717, 1.165) is 77.1 Å². The van der Waals surface area contributed by atoms with E-state index >= 15 is 0 Å². The van der Waals surface area contributed by atoms with Crippen LogP contribution in [0.3, 0.4) is 0 Å². The van der Waals surface area contributed by atoms with Crippen LogP contribution in [0.15, 0.2) is 230 Å². The molecule has 0 unspecified atom stereocenters. The Labute approximate surface area is 779 Å². The van der Waals surface area contributed by atoms with Crippen LogP contribution in [-0.4, -0.2) is 122 Å². The van der Waals surface area contributed by atoms with E-state index in [1.54, 1.807) is 119 Å². The molecule has 0 spiro atoms. The third kappa shape index (κ3) is 22.0. The number of halogens is 8. The van der Waals surface area contributed by atoms with E-state index in [0.29, 0.717) is 67.1 Å². The van der Waals surface area contributed by atoms with Gasteiger partial charge in [0.2, 0.25) is 20.0 Å². The second kappa shape index (κ2) is 40.1. The van der Waals surface area contributed by atoms with Crippen molar-refractivity contribution in [2.45, 2.75) is 95.1 Å². The number of allylic oxidation sites excluding steroid dienone is 2. The van der Waals surface area contributed by atoms with Gasteiger partial charge in [-0.15, -0.1) is 45.3 Å². The van der Waals surface area contributed by atoms with Crippen LogP contribution in [0.2, 0.25) is 0 Å². The molecule has 0 saturated carbocycles. The number of carboxylic acid groups (broad SMARTS) is 1. The SMILES string of the molecule is CCOC(=O)c1csc(-n2cc(B3OC(C)(C)C(C)(C)O3)c3cc(F)ccc32)n1.CCOC(=O)c1csc(-n2cc(Br)c3cc(F)ccc32)n1.CCOC(=O)c1csc(-n2cc(Cc3ccc(S(N)(=O)=O)cc3)c3cc(F)ccc32)n1.Fc1ccc2c(c1)C(Br)=CC2.Fc1ccc2c(c1)C=CC2.NS(=O)(=O)c1ccc(Cc2cn(-c3nc(C(=O)O)cs3)c3ccc(F)cc23)cc1. The molecule has 0 bridgehead atoms. The van der Waals surface area contributed by atoms with E-state index in [-0.39, 0.29) is 74.9 Å². The number of aromatic carboxylic acids is 1. The standard InChI is InChI=1S/C21H18FN3O4S2.C20H22BFN2O4S.C19H14FN3O4S2.C14H10BrFN2O2S.C9H6BrF.C9H7F/c1-2-29-20(26)18-12-30-21(24-18)25-11-14(17-10-15(22)5-8-19(17)25)9-13-3-6-16(7-4-13)31(23,27)28;1-6-26-17(25)15-11-29-18(23-15)24-10-14(13-9-12(22)7-8-16(13)24)21-27-19(2,3)20(4,5)28-21;20-13-3-6-17-15(8-13)12(7-11-1-4-14(5-2-11)29(21,26)27)9-23(17)19-22-16(10-28-19)18(24)25;1-2-20-13(19)11-7-21-14(17-11)18-6-10(15)9-5-8(16)3-4-12(9)18;10-9-4-2-6-1-3-7(11)5-8(6)9;10-9-5-4-7-2-1-3-8(7)6-9/h3-8,10-12H,2,9H2,1H3,(H2,23,27,28);7-11H,6H2,1-5H3;1-6,8-10H,7H2,(H,24,25)(H2,21,26,27);3-7H,2H2,1H3;1,3-5H,2H2;1,3-6H,2H2. The number of carbonyl (C=O) groups excluding carboxylic acids is 3. The Morgan fingerprint density at radius 2 is 0.824 bits per heavy atom. The predicted molar refractivity (Wildman–Crippen MR) is 501 cm³/mol. The summed E-state index contributed by atoms with van der Waals surface area (Å²) in [5.41, 5.74) is 11.0. The quantitative estimate of drug-likeness (QED) is 0.0311. The van der Waals surface area contributed by atoms with E-state index in [2.05, 4.69) is 51.8 Å². The van der Waals surface area contributed by atoms with Crippen molar-refractivity contribution in [3.63, 3.8) is 0 Å². The zero-order chi connectivity index (χ0) is 93.7. The molecule has 19 rings (SSSR count). The number of rotatable bonds is 18. The molecule has 3 aliphatic rings. The van der Waals surface area contributed by atoms with Crippen LogP contribution in [0.4, 0.5) is 26.3 Å². The molecule has 2 aliphatic carbocycles. The summed E-state index contributed by atoms with van der Waals surface area (Å²) >= 11 is 11.9. The third-order valence-electron chi connectivity index (χ3n) is 21.1. The van der Waals surface area contributed by atoms with E-state index in [1.807, 2.05) is 79.6 Å². The molecule has 1 aliphatic heterocycles. The number of carbonyl (C=O) groups is 4. The first-order valence-corrected chi connectivity index (χ1v) is 48.2. The summed E-state index contributed by atoms with van der Waals surface area (Å²) in [6.45, 7) is 13.9. The highest BCUT2D eigenvalue weighted by Crippen LogP contribution is 2.40. The summed E-state index contributed by atoms with van der Waals surface area (Å²) in [4.78, 5) is 63.9. The largest absolute Gasteiger partial charge is 0.497 e. The lowest BCUT2D eigenvalue weighted by atomic mass is 9.79. The molecule has 24 nitrogen and oxygen atoms in total. The van der Waals surface area contributed by atoms with Crippen molar-refractivity contribution < 1.29 is 91.0 Å². The van der Waals surface area contributed by atoms with Crippen LogP contribution in [0.5, 0.6) is 0 Å². The molecule has 0 amide bonds. The number of primary sulfonamides is 2. The Kier molecular flexibility index (Phi) is 29.1. The van der Waals surface area contributed by atoms with E-state index in [4.69, 9.17) is 38.9 Å². The van der Waals surface area contributed by atoms with Crippen LogP contribution >= 0.6 is 77.2 Å². The second-order valence-corrected chi connectivity index (χ2v) is 38.5. The third-order valence-corrected chi connectivity index (χ3v) is 27.7. The molecule has 1 saturated heterocycles. The van der Waals surface area contributed by atoms with Gasteiger partial charge in [-0.05, 0) is 256 Å². The molecule has 39 heteroatoms. The van der Waals surface area contributed by atoms with Gasteiger partial charge in [-0.3, -0.25) is 18.3 Å². The first kappa shape index (κ1) is 95.2. The average molecular weight is 2020 g/mol. The minimum atomic E-state index is -3.78. The number of aromatic nitrogens is 8. The van der Waals surface area contributed by atoms with Crippen molar-refractivity contribution in [2.24, 2.45) is 10.3 Å². The van der Waals surface area contributed by atoms with Crippen LogP contribution in [-0.2, 0) is 69.2 Å². The van der Waals surface area contributed by atoms with Crippen LogP contribution < -0.4 is 15.7 Å². The van der Waals surface area contributed by atoms with Gasteiger partial charge in [-0.1, -0.05) is 70.6 Å². The van der Waals surface area contributed by atoms with Gasteiger partial charge in [0.05, 0.1) is 62.9 Å². The van der Waals surface area contributed by atoms with Crippen LogP contribution in [0, 0.1) is 34.9 Å². The number of nitrogens with zero attached hydrogens (tertiary/aromatic N) is 8. The molecular formula is C92H77BBr2F6N10O14S6.